The van der Waals surface area contributed by atoms with Crippen molar-refractivity contribution in [2.45, 2.75) is 52.4 Å². The first kappa shape index (κ1) is 12.6. The quantitative estimate of drug-likeness (QED) is 0.627. The molecule has 4 rings (SSSR count). The second-order valence-corrected chi connectivity index (χ2v) is 7.79. The van der Waals surface area contributed by atoms with Crippen LogP contribution in [0.15, 0.2) is 35.5 Å². The topological polar surface area (TPSA) is 17.1 Å². The molecule has 1 nitrogen and oxygen atoms in total. The van der Waals surface area contributed by atoms with Crippen LogP contribution in [0.1, 0.15) is 52.4 Å². The van der Waals surface area contributed by atoms with Gasteiger partial charge in [-0.05, 0) is 54.1 Å². The summed E-state index contributed by atoms with van der Waals surface area (Å²) < 4.78 is 0. The monoisotopic (exact) mass is 268 g/mol. The van der Waals surface area contributed by atoms with Crippen molar-refractivity contribution in [3.63, 3.8) is 0 Å². The maximum Gasteiger partial charge on any atom is 0.133 e. The van der Waals surface area contributed by atoms with E-state index in [2.05, 4.69) is 38.2 Å². The van der Waals surface area contributed by atoms with E-state index in [-0.39, 0.29) is 5.41 Å². The first-order valence-electron chi connectivity index (χ1n) is 8.15. The lowest BCUT2D eigenvalue weighted by molar-refractivity contribution is -0.126. The minimum atomic E-state index is 0.288. The zero-order valence-corrected chi connectivity index (χ0v) is 12.6. The Morgan fingerprint density at radius 2 is 2.10 bits per heavy atom. The SMILES string of the molecule is C[C@@]12C=CC=C1C1=CCC3CC(=O)CC[C@]3(C)[C@H]1CC2. The van der Waals surface area contributed by atoms with Gasteiger partial charge in [0.05, 0.1) is 0 Å². The van der Waals surface area contributed by atoms with Crippen LogP contribution in [0, 0.1) is 22.7 Å². The highest BCUT2D eigenvalue weighted by Crippen LogP contribution is 2.61. The fourth-order valence-electron chi connectivity index (χ4n) is 5.31. The van der Waals surface area contributed by atoms with Gasteiger partial charge in [-0.25, -0.2) is 0 Å². The highest BCUT2D eigenvalue weighted by molar-refractivity contribution is 5.80. The van der Waals surface area contributed by atoms with Crippen molar-refractivity contribution in [2.24, 2.45) is 22.7 Å². The Hall–Kier alpha value is -1.11. The number of hydrogen-bond acceptors (Lipinski definition) is 1. The minimum Gasteiger partial charge on any atom is -0.300 e. The van der Waals surface area contributed by atoms with Crippen LogP contribution in [-0.2, 0) is 4.79 Å². The third-order valence-electron chi connectivity index (χ3n) is 6.75. The van der Waals surface area contributed by atoms with Crippen molar-refractivity contribution < 1.29 is 4.79 Å². The molecule has 2 fully saturated rings. The first-order chi connectivity index (χ1) is 9.53. The van der Waals surface area contributed by atoms with E-state index in [1.54, 1.807) is 11.1 Å². The van der Waals surface area contributed by atoms with E-state index in [1.165, 1.54) is 12.8 Å². The van der Waals surface area contributed by atoms with Gasteiger partial charge in [0.2, 0.25) is 0 Å². The van der Waals surface area contributed by atoms with Crippen LogP contribution in [0.4, 0.5) is 0 Å². The Labute approximate surface area is 121 Å². The summed E-state index contributed by atoms with van der Waals surface area (Å²) in [6.45, 7) is 4.85. The Morgan fingerprint density at radius 1 is 1.25 bits per heavy atom. The molecule has 106 valence electrons. The van der Waals surface area contributed by atoms with Gasteiger partial charge in [0.1, 0.15) is 5.78 Å². The van der Waals surface area contributed by atoms with Gasteiger partial charge in [-0.3, -0.25) is 4.79 Å². The van der Waals surface area contributed by atoms with Crippen LogP contribution in [0.3, 0.4) is 0 Å². The summed E-state index contributed by atoms with van der Waals surface area (Å²) in [5.41, 5.74) is 3.85. The van der Waals surface area contributed by atoms with Crippen molar-refractivity contribution in [3.8, 4) is 0 Å². The molecule has 0 radical (unpaired) electrons. The maximum atomic E-state index is 11.8. The molecule has 20 heavy (non-hydrogen) atoms. The van der Waals surface area contributed by atoms with Gasteiger partial charge in [0.15, 0.2) is 0 Å². The molecule has 4 aliphatic carbocycles. The molecule has 0 aromatic heterocycles. The summed E-state index contributed by atoms with van der Waals surface area (Å²) in [7, 11) is 0. The second-order valence-electron chi connectivity index (χ2n) is 7.79. The number of Topliss-reactive ketones (excluding diaryl/α,β-unsaturated/α-hetero) is 1. The molecule has 0 aromatic carbocycles. The van der Waals surface area contributed by atoms with Gasteiger partial charge in [-0.1, -0.05) is 38.2 Å². The Balaban J connectivity index is 1.75. The molecule has 1 unspecified atom stereocenters. The summed E-state index contributed by atoms with van der Waals surface area (Å²) in [6, 6.07) is 0. The molecule has 0 N–H and O–H groups in total. The average molecular weight is 268 g/mol. The van der Waals surface area contributed by atoms with Crippen molar-refractivity contribution in [2.75, 3.05) is 0 Å². The number of ketones is 1. The van der Waals surface area contributed by atoms with Gasteiger partial charge in [-0.2, -0.15) is 0 Å². The van der Waals surface area contributed by atoms with Crippen LogP contribution < -0.4 is 0 Å². The number of hydrogen-bond donors (Lipinski definition) is 0. The summed E-state index contributed by atoms with van der Waals surface area (Å²) in [4.78, 5) is 11.8. The fraction of sp³-hybridized carbons (Fsp3) is 0.632. The highest BCUT2D eigenvalue weighted by atomic mass is 16.1. The van der Waals surface area contributed by atoms with Gasteiger partial charge < -0.3 is 0 Å². The Kier molecular flexibility index (Phi) is 2.50. The van der Waals surface area contributed by atoms with E-state index in [4.69, 9.17) is 0 Å². The predicted molar refractivity (Wildman–Crippen MR) is 81.2 cm³/mol. The fourth-order valence-corrected chi connectivity index (χ4v) is 5.31. The van der Waals surface area contributed by atoms with E-state index >= 15 is 0 Å². The van der Waals surface area contributed by atoms with Crippen molar-refractivity contribution in [1.82, 2.24) is 0 Å². The summed E-state index contributed by atoms with van der Waals surface area (Å²) in [6.07, 6.45) is 15.9. The molecule has 4 aliphatic rings. The van der Waals surface area contributed by atoms with E-state index in [1.807, 2.05) is 0 Å². The molecule has 0 aliphatic heterocycles. The lowest BCUT2D eigenvalue weighted by Crippen LogP contribution is -2.46. The molecule has 1 heteroatoms. The lowest BCUT2D eigenvalue weighted by atomic mass is 9.50. The van der Waals surface area contributed by atoms with Crippen LogP contribution in [0.25, 0.3) is 0 Å². The zero-order valence-electron chi connectivity index (χ0n) is 12.6. The summed E-state index contributed by atoms with van der Waals surface area (Å²) >= 11 is 0. The largest absolute Gasteiger partial charge is 0.300 e. The van der Waals surface area contributed by atoms with Gasteiger partial charge in [0, 0.05) is 18.3 Å². The zero-order chi connectivity index (χ0) is 14.0. The van der Waals surface area contributed by atoms with Gasteiger partial charge in [-0.15, -0.1) is 0 Å². The van der Waals surface area contributed by atoms with Gasteiger partial charge in [0.25, 0.3) is 0 Å². The molecule has 0 heterocycles. The second kappa shape index (κ2) is 3.96. The molecule has 0 spiro atoms. The molecule has 0 aromatic rings. The van der Waals surface area contributed by atoms with E-state index < -0.39 is 0 Å². The van der Waals surface area contributed by atoms with Crippen molar-refractivity contribution in [3.05, 3.63) is 35.5 Å². The highest BCUT2D eigenvalue weighted by Gasteiger charge is 2.52. The molecule has 0 saturated heterocycles. The lowest BCUT2D eigenvalue weighted by Gasteiger charge is -2.54. The van der Waals surface area contributed by atoms with E-state index in [0.717, 1.165) is 25.7 Å². The van der Waals surface area contributed by atoms with Gasteiger partial charge >= 0.3 is 0 Å². The first-order valence-corrected chi connectivity index (χ1v) is 8.15. The number of carbonyl (C=O) groups is 1. The number of fused-ring (bicyclic) bond motifs is 5. The average Bonchev–Trinajstić information content (AvgIpc) is 2.81. The molecule has 0 bridgehead atoms. The summed E-state index contributed by atoms with van der Waals surface area (Å²) in [5.74, 6) is 1.78. The number of carbonyl (C=O) groups excluding carboxylic acids is 1. The smallest absolute Gasteiger partial charge is 0.133 e. The molecular formula is C19H24O. The molecule has 0 amide bonds. The minimum absolute atomic E-state index is 0.288. The van der Waals surface area contributed by atoms with Crippen LogP contribution >= 0.6 is 0 Å². The predicted octanol–water partition coefficient (Wildman–Crippen LogP) is 4.60. The third-order valence-corrected chi connectivity index (χ3v) is 6.75. The van der Waals surface area contributed by atoms with Crippen molar-refractivity contribution >= 4 is 5.78 Å². The normalized spacial score (nSPS) is 46.2. The third kappa shape index (κ3) is 1.52. The van der Waals surface area contributed by atoms with Crippen LogP contribution in [-0.4, -0.2) is 5.78 Å². The van der Waals surface area contributed by atoms with Crippen LogP contribution in [0.5, 0.6) is 0 Å². The Morgan fingerprint density at radius 3 is 2.95 bits per heavy atom. The summed E-state index contributed by atoms with van der Waals surface area (Å²) in [5, 5.41) is 0. The van der Waals surface area contributed by atoms with E-state index in [0.29, 0.717) is 23.0 Å². The number of allylic oxidation sites excluding steroid dienone is 6. The Bertz CT molecular complexity index is 564. The van der Waals surface area contributed by atoms with Crippen LogP contribution in [0.2, 0.25) is 0 Å². The van der Waals surface area contributed by atoms with E-state index in [9.17, 15) is 4.79 Å². The van der Waals surface area contributed by atoms with Crippen molar-refractivity contribution in [1.29, 1.82) is 0 Å². The molecular weight excluding hydrogens is 244 g/mol. The standard InChI is InChI=1S/C19H24O/c1-18-9-3-4-16(18)15-6-5-13-12-14(20)7-11-19(13,2)17(15)8-10-18/h3-4,6,9,13,17H,5,7-8,10-12H2,1-2H3/t13?,17-,18-,19-/m0/s1. The molecule has 4 atom stereocenters. The molecule has 2 saturated carbocycles. The maximum absolute atomic E-state index is 11.8. The number of rotatable bonds is 0.